The van der Waals surface area contributed by atoms with E-state index in [1.54, 1.807) is 11.0 Å². The number of aryl methyl sites for hydroxylation is 1. The van der Waals surface area contributed by atoms with E-state index in [1.165, 1.54) is 4.68 Å². The first-order chi connectivity index (χ1) is 11.0. The number of carbonyl (C=O) groups is 1. The number of hydrogen-bond acceptors (Lipinski definition) is 4. The van der Waals surface area contributed by atoms with E-state index in [0.717, 1.165) is 11.1 Å². The minimum atomic E-state index is -0.228. The summed E-state index contributed by atoms with van der Waals surface area (Å²) < 4.78 is 6.91. The van der Waals surface area contributed by atoms with Crippen molar-refractivity contribution in [2.24, 2.45) is 0 Å². The summed E-state index contributed by atoms with van der Waals surface area (Å²) in [5.74, 6) is -0.101. The van der Waals surface area contributed by atoms with Crippen LogP contribution in [-0.2, 0) is 16.1 Å². The third kappa shape index (κ3) is 3.12. The maximum Gasteiger partial charge on any atom is 0.275 e. The molecule has 1 fully saturated rings. The molecule has 1 amide bonds. The second-order valence-electron chi connectivity index (χ2n) is 6.15. The molecule has 6 heteroatoms. The monoisotopic (exact) mass is 315 g/mol. The number of fused-ring (bicyclic) bond motifs is 1. The molecule has 0 N–H and O–H groups in total. The summed E-state index contributed by atoms with van der Waals surface area (Å²) in [5.41, 5.74) is 0.519. The maximum absolute atomic E-state index is 12.5. The Bertz CT molecular complexity index is 789. The van der Waals surface area contributed by atoms with Crippen LogP contribution in [0.25, 0.3) is 10.8 Å². The molecule has 6 nitrogen and oxygen atoms in total. The standard InChI is InChI=1S/C17H21N3O3/c1-11-8-19(9-12(2)23-11)16(21)10-20-17(22)15-7-5-4-6-14(15)13(3)18-20/h4-7,11-12H,8-10H2,1-3H3/t11-,12+. The summed E-state index contributed by atoms with van der Waals surface area (Å²) in [6.45, 7) is 6.79. The van der Waals surface area contributed by atoms with Crippen molar-refractivity contribution < 1.29 is 9.53 Å². The van der Waals surface area contributed by atoms with Gasteiger partial charge in [0, 0.05) is 18.5 Å². The van der Waals surface area contributed by atoms with Crippen LogP contribution in [0.4, 0.5) is 0 Å². The second kappa shape index (κ2) is 6.12. The van der Waals surface area contributed by atoms with Gasteiger partial charge in [0.25, 0.3) is 5.56 Å². The Morgan fingerprint density at radius 3 is 2.48 bits per heavy atom. The number of rotatable bonds is 2. The smallest absolute Gasteiger partial charge is 0.275 e. The molecule has 0 spiro atoms. The average molecular weight is 315 g/mol. The van der Waals surface area contributed by atoms with Crippen molar-refractivity contribution in [2.75, 3.05) is 13.1 Å². The first-order valence-electron chi connectivity index (χ1n) is 7.85. The Labute approximate surface area is 134 Å². The van der Waals surface area contributed by atoms with Gasteiger partial charge in [-0.2, -0.15) is 5.10 Å². The van der Waals surface area contributed by atoms with Crippen molar-refractivity contribution in [3.63, 3.8) is 0 Å². The molecule has 2 heterocycles. The molecule has 1 aromatic carbocycles. The van der Waals surface area contributed by atoms with Crippen LogP contribution in [0.5, 0.6) is 0 Å². The molecule has 0 aliphatic carbocycles. The topological polar surface area (TPSA) is 64.4 Å². The first-order valence-corrected chi connectivity index (χ1v) is 7.85. The van der Waals surface area contributed by atoms with Crippen LogP contribution < -0.4 is 5.56 Å². The lowest BCUT2D eigenvalue weighted by atomic mass is 10.1. The number of amides is 1. The molecular formula is C17H21N3O3. The van der Waals surface area contributed by atoms with Crippen molar-refractivity contribution in [3.05, 3.63) is 40.3 Å². The fourth-order valence-corrected chi connectivity index (χ4v) is 3.12. The highest BCUT2D eigenvalue weighted by atomic mass is 16.5. The van der Waals surface area contributed by atoms with Crippen LogP contribution in [0.3, 0.4) is 0 Å². The maximum atomic E-state index is 12.5. The summed E-state index contributed by atoms with van der Waals surface area (Å²) in [5, 5.41) is 5.72. The Kier molecular flexibility index (Phi) is 4.17. The predicted octanol–water partition coefficient (Wildman–Crippen LogP) is 1.34. The summed E-state index contributed by atoms with van der Waals surface area (Å²) in [7, 11) is 0. The van der Waals surface area contributed by atoms with Gasteiger partial charge in [0.2, 0.25) is 5.91 Å². The molecular weight excluding hydrogens is 294 g/mol. The predicted molar refractivity (Wildman–Crippen MR) is 87.3 cm³/mol. The van der Waals surface area contributed by atoms with Gasteiger partial charge < -0.3 is 9.64 Å². The van der Waals surface area contributed by atoms with Crippen molar-refractivity contribution >= 4 is 16.7 Å². The van der Waals surface area contributed by atoms with Crippen molar-refractivity contribution in [3.8, 4) is 0 Å². The van der Waals surface area contributed by atoms with E-state index in [2.05, 4.69) is 5.10 Å². The fraction of sp³-hybridized carbons (Fsp3) is 0.471. The van der Waals surface area contributed by atoms with Gasteiger partial charge in [-0.3, -0.25) is 9.59 Å². The zero-order valence-corrected chi connectivity index (χ0v) is 13.7. The highest BCUT2D eigenvalue weighted by Gasteiger charge is 2.26. The van der Waals surface area contributed by atoms with E-state index in [1.807, 2.05) is 39.0 Å². The van der Waals surface area contributed by atoms with Crippen LogP contribution >= 0.6 is 0 Å². The van der Waals surface area contributed by atoms with Crippen molar-refractivity contribution in [1.82, 2.24) is 14.7 Å². The number of hydrogen-bond donors (Lipinski definition) is 0. The second-order valence-corrected chi connectivity index (χ2v) is 6.15. The van der Waals surface area contributed by atoms with Crippen LogP contribution in [0, 0.1) is 6.92 Å². The van der Waals surface area contributed by atoms with Gasteiger partial charge in [-0.25, -0.2) is 4.68 Å². The number of benzene rings is 1. The number of carbonyl (C=O) groups excluding carboxylic acids is 1. The zero-order valence-electron chi connectivity index (χ0n) is 13.7. The SMILES string of the molecule is Cc1nn(CC(=O)N2C[C@@H](C)O[C@@H](C)C2)c(=O)c2ccccc12. The third-order valence-corrected chi connectivity index (χ3v) is 4.11. The van der Waals surface area contributed by atoms with Crippen molar-refractivity contribution in [2.45, 2.75) is 39.5 Å². The highest BCUT2D eigenvalue weighted by Crippen LogP contribution is 2.13. The average Bonchev–Trinajstić information content (AvgIpc) is 2.51. The summed E-state index contributed by atoms with van der Waals surface area (Å²) in [6.07, 6.45) is 0.0106. The summed E-state index contributed by atoms with van der Waals surface area (Å²) in [6, 6.07) is 7.34. The number of nitrogens with zero attached hydrogens (tertiary/aromatic N) is 3. The van der Waals surface area contributed by atoms with Crippen LogP contribution in [0.2, 0.25) is 0 Å². The lowest BCUT2D eigenvalue weighted by molar-refractivity contribution is -0.144. The van der Waals surface area contributed by atoms with E-state index in [-0.39, 0.29) is 30.2 Å². The van der Waals surface area contributed by atoms with Gasteiger partial charge >= 0.3 is 0 Å². The normalized spacial score (nSPS) is 21.6. The van der Waals surface area contributed by atoms with Crippen molar-refractivity contribution in [1.29, 1.82) is 0 Å². The summed E-state index contributed by atoms with van der Waals surface area (Å²) >= 11 is 0. The molecule has 0 saturated carbocycles. The van der Waals surface area contributed by atoms with Crippen LogP contribution in [0.15, 0.2) is 29.1 Å². The molecule has 2 atom stereocenters. The van der Waals surface area contributed by atoms with Gasteiger partial charge in [-0.15, -0.1) is 0 Å². The van der Waals surface area contributed by atoms with Crippen LogP contribution in [-0.4, -0.2) is 45.9 Å². The van der Waals surface area contributed by atoms with E-state index in [0.29, 0.717) is 18.5 Å². The zero-order chi connectivity index (χ0) is 16.6. The molecule has 3 rings (SSSR count). The van der Waals surface area contributed by atoms with E-state index in [9.17, 15) is 9.59 Å². The molecule has 0 radical (unpaired) electrons. The van der Waals surface area contributed by atoms with Gasteiger partial charge in [0.1, 0.15) is 6.54 Å². The Hall–Kier alpha value is -2.21. The lowest BCUT2D eigenvalue weighted by Crippen LogP contribution is -2.49. The van der Waals surface area contributed by atoms with Gasteiger partial charge in [-0.1, -0.05) is 18.2 Å². The van der Waals surface area contributed by atoms with E-state index < -0.39 is 0 Å². The lowest BCUT2D eigenvalue weighted by Gasteiger charge is -2.35. The quantitative estimate of drug-likeness (QED) is 0.839. The van der Waals surface area contributed by atoms with Gasteiger partial charge in [0.05, 0.1) is 23.3 Å². The molecule has 2 aromatic rings. The summed E-state index contributed by atoms with van der Waals surface area (Å²) in [4.78, 5) is 26.8. The van der Waals surface area contributed by atoms with Gasteiger partial charge in [0.15, 0.2) is 0 Å². The molecule has 122 valence electrons. The highest BCUT2D eigenvalue weighted by molar-refractivity contribution is 5.83. The fourth-order valence-electron chi connectivity index (χ4n) is 3.12. The molecule has 0 bridgehead atoms. The third-order valence-electron chi connectivity index (χ3n) is 4.11. The molecule has 1 aliphatic rings. The molecule has 0 unspecified atom stereocenters. The van der Waals surface area contributed by atoms with E-state index >= 15 is 0 Å². The Balaban J connectivity index is 1.88. The molecule has 23 heavy (non-hydrogen) atoms. The molecule has 1 aromatic heterocycles. The number of aromatic nitrogens is 2. The minimum absolute atomic E-state index is 0.00530. The number of morpholine rings is 1. The minimum Gasteiger partial charge on any atom is -0.372 e. The van der Waals surface area contributed by atoms with Gasteiger partial charge in [-0.05, 0) is 26.8 Å². The Morgan fingerprint density at radius 1 is 1.22 bits per heavy atom. The number of ether oxygens (including phenoxy) is 1. The molecule has 1 aliphatic heterocycles. The first kappa shape index (κ1) is 15.7. The largest absolute Gasteiger partial charge is 0.372 e. The van der Waals surface area contributed by atoms with E-state index in [4.69, 9.17) is 4.74 Å². The Morgan fingerprint density at radius 2 is 1.83 bits per heavy atom. The molecule has 1 saturated heterocycles. The van der Waals surface area contributed by atoms with Crippen LogP contribution in [0.1, 0.15) is 19.5 Å².